The van der Waals surface area contributed by atoms with E-state index in [0.717, 1.165) is 37.0 Å². The molecule has 16 heavy (non-hydrogen) atoms. The lowest BCUT2D eigenvalue weighted by atomic mass is 9.54. The molecule has 0 aromatic carbocycles. The average molecular weight is 243 g/mol. The van der Waals surface area contributed by atoms with E-state index in [2.05, 4.69) is 0 Å². The lowest BCUT2D eigenvalue weighted by molar-refractivity contribution is -0.185. The largest absolute Gasteiger partial charge is 0.458 e. The van der Waals surface area contributed by atoms with Crippen LogP contribution in [-0.2, 0) is 9.53 Å². The molecule has 4 saturated carbocycles. The monoisotopic (exact) mass is 242 g/mol. The van der Waals surface area contributed by atoms with E-state index in [1.807, 2.05) is 0 Å². The lowest BCUT2D eigenvalue weighted by Crippen LogP contribution is -2.53. The van der Waals surface area contributed by atoms with Crippen LogP contribution in [0.1, 0.15) is 45.4 Å². The van der Waals surface area contributed by atoms with Gasteiger partial charge in [-0.2, -0.15) is 0 Å². The smallest absolute Gasteiger partial charge is 0.324 e. The van der Waals surface area contributed by atoms with Crippen LogP contribution in [0.3, 0.4) is 0 Å². The number of ether oxygens (including phenoxy) is 1. The molecule has 90 valence electrons. The zero-order chi connectivity index (χ0) is 11.3. The molecule has 1 atom stereocenters. The molecule has 3 heteroatoms. The summed E-state index contributed by atoms with van der Waals surface area (Å²) < 4.78 is 5.74. The van der Waals surface area contributed by atoms with Crippen molar-refractivity contribution in [3.8, 4) is 0 Å². The van der Waals surface area contributed by atoms with Gasteiger partial charge in [-0.05, 0) is 63.2 Å². The fourth-order valence-electron chi connectivity index (χ4n) is 4.45. The number of carbonyl (C=O) groups excluding carboxylic acids is 1. The highest BCUT2D eigenvalue weighted by atomic mass is 35.5. The number of hydrogen-bond acceptors (Lipinski definition) is 2. The number of alkyl halides is 1. The van der Waals surface area contributed by atoms with Crippen molar-refractivity contribution in [3.05, 3.63) is 0 Å². The standard InChI is InChI=1S/C13H19ClO2/c1-8(14)12(15)16-13-5-9-2-10(6-13)4-11(3-9)7-13/h8-11H,2-7H2,1H3/t8-,9?,10?,11?,13?/m0/s1. The van der Waals surface area contributed by atoms with Gasteiger partial charge in [-0.15, -0.1) is 11.6 Å². The third-order valence-electron chi connectivity index (χ3n) is 4.62. The number of hydrogen-bond donors (Lipinski definition) is 0. The first-order chi connectivity index (χ1) is 7.56. The minimum absolute atomic E-state index is 0.130. The van der Waals surface area contributed by atoms with Crippen LogP contribution < -0.4 is 0 Å². The Morgan fingerprint density at radius 1 is 1.19 bits per heavy atom. The second kappa shape index (κ2) is 3.63. The zero-order valence-corrected chi connectivity index (χ0v) is 10.5. The number of carbonyl (C=O) groups is 1. The van der Waals surface area contributed by atoms with E-state index in [0.29, 0.717) is 0 Å². The lowest BCUT2D eigenvalue weighted by Gasteiger charge is -2.55. The summed E-state index contributed by atoms with van der Waals surface area (Å²) in [6, 6.07) is 0. The highest BCUT2D eigenvalue weighted by Gasteiger charge is 2.53. The van der Waals surface area contributed by atoms with E-state index < -0.39 is 5.38 Å². The molecule has 4 aliphatic rings. The molecule has 0 spiro atoms. The fourth-order valence-corrected chi connectivity index (χ4v) is 4.50. The molecule has 0 aliphatic heterocycles. The van der Waals surface area contributed by atoms with Gasteiger partial charge in [-0.1, -0.05) is 0 Å². The van der Waals surface area contributed by atoms with E-state index in [9.17, 15) is 4.79 Å². The predicted molar refractivity (Wildman–Crippen MR) is 62.3 cm³/mol. The van der Waals surface area contributed by atoms with E-state index in [4.69, 9.17) is 16.3 Å². The van der Waals surface area contributed by atoms with Crippen molar-refractivity contribution in [3.63, 3.8) is 0 Å². The molecular weight excluding hydrogens is 224 g/mol. The van der Waals surface area contributed by atoms with Gasteiger partial charge in [0, 0.05) is 0 Å². The Bertz CT molecular complexity index is 276. The summed E-state index contributed by atoms with van der Waals surface area (Å²) in [7, 11) is 0. The van der Waals surface area contributed by atoms with Crippen molar-refractivity contribution >= 4 is 17.6 Å². The van der Waals surface area contributed by atoms with Crippen molar-refractivity contribution in [1.82, 2.24) is 0 Å². The third kappa shape index (κ3) is 1.75. The van der Waals surface area contributed by atoms with Crippen molar-refractivity contribution in [1.29, 1.82) is 0 Å². The number of esters is 1. The Hall–Kier alpha value is -0.240. The van der Waals surface area contributed by atoms with Gasteiger partial charge < -0.3 is 4.74 Å². The summed E-state index contributed by atoms with van der Waals surface area (Å²) in [5, 5.41) is -0.506. The molecule has 0 aromatic rings. The SMILES string of the molecule is C[C@H](Cl)C(=O)OC12CC3CC(CC(C3)C1)C2. The minimum atomic E-state index is -0.506. The second-order valence-corrected chi connectivity index (χ2v) is 6.79. The Kier molecular flexibility index (Phi) is 2.47. The Balaban J connectivity index is 1.76. The van der Waals surface area contributed by atoms with Crippen molar-refractivity contribution in [2.24, 2.45) is 17.8 Å². The molecule has 4 fully saturated rings. The van der Waals surface area contributed by atoms with Gasteiger partial charge in [-0.25, -0.2) is 0 Å². The molecule has 0 amide bonds. The van der Waals surface area contributed by atoms with Gasteiger partial charge in [0.25, 0.3) is 0 Å². The predicted octanol–water partition coefficient (Wildman–Crippen LogP) is 3.13. The van der Waals surface area contributed by atoms with Gasteiger partial charge in [0.1, 0.15) is 11.0 Å². The topological polar surface area (TPSA) is 26.3 Å². The van der Waals surface area contributed by atoms with Crippen LogP contribution in [0.15, 0.2) is 0 Å². The summed E-state index contributed by atoms with van der Waals surface area (Å²) in [6.45, 7) is 1.70. The molecule has 4 rings (SSSR count). The fraction of sp³-hybridized carbons (Fsp3) is 0.923. The second-order valence-electron chi connectivity index (χ2n) is 6.14. The van der Waals surface area contributed by atoms with Crippen LogP contribution in [0.25, 0.3) is 0 Å². The first-order valence-electron chi connectivity index (χ1n) is 6.43. The van der Waals surface area contributed by atoms with Gasteiger partial charge in [0.15, 0.2) is 0 Å². The molecule has 0 heterocycles. The first-order valence-corrected chi connectivity index (χ1v) is 6.87. The highest BCUT2D eigenvalue weighted by molar-refractivity contribution is 6.29. The van der Waals surface area contributed by atoms with Gasteiger partial charge in [0.05, 0.1) is 0 Å². The van der Waals surface area contributed by atoms with Crippen molar-refractivity contribution < 1.29 is 9.53 Å². The number of rotatable bonds is 2. The molecule has 4 aliphatic carbocycles. The number of halogens is 1. The summed E-state index contributed by atoms with van der Waals surface area (Å²) >= 11 is 5.79. The highest BCUT2D eigenvalue weighted by Crippen LogP contribution is 2.57. The van der Waals surface area contributed by atoms with E-state index in [1.165, 1.54) is 19.3 Å². The summed E-state index contributed by atoms with van der Waals surface area (Å²) in [5.74, 6) is 2.21. The maximum absolute atomic E-state index is 11.7. The zero-order valence-electron chi connectivity index (χ0n) is 9.75. The summed E-state index contributed by atoms with van der Waals surface area (Å²) in [6.07, 6.45) is 7.38. The van der Waals surface area contributed by atoms with Crippen LogP contribution in [0.4, 0.5) is 0 Å². The van der Waals surface area contributed by atoms with Crippen molar-refractivity contribution in [2.75, 3.05) is 0 Å². The maximum Gasteiger partial charge on any atom is 0.324 e. The normalized spacial score (nSPS) is 46.8. The Morgan fingerprint density at radius 2 is 1.62 bits per heavy atom. The van der Waals surface area contributed by atoms with Crippen molar-refractivity contribution in [2.45, 2.75) is 56.4 Å². The molecular formula is C13H19ClO2. The first kappa shape index (κ1) is 10.9. The average Bonchev–Trinajstić information content (AvgIpc) is 2.13. The molecule has 0 N–H and O–H groups in total. The minimum Gasteiger partial charge on any atom is -0.458 e. The van der Waals surface area contributed by atoms with Crippen LogP contribution in [0.2, 0.25) is 0 Å². The molecule has 0 radical (unpaired) electrons. The molecule has 4 bridgehead atoms. The van der Waals surface area contributed by atoms with Crippen LogP contribution >= 0.6 is 11.6 Å². The molecule has 0 saturated heterocycles. The van der Waals surface area contributed by atoms with Crippen LogP contribution in [0.5, 0.6) is 0 Å². The third-order valence-corrected chi connectivity index (χ3v) is 4.80. The summed E-state index contributed by atoms with van der Waals surface area (Å²) in [5.41, 5.74) is -0.130. The summed E-state index contributed by atoms with van der Waals surface area (Å²) in [4.78, 5) is 11.7. The van der Waals surface area contributed by atoms with E-state index in [1.54, 1.807) is 6.92 Å². The Labute approximate surface area is 102 Å². The maximum atomic E-state index is 11.7. The molecule has 2 nitrogen and oxygen atoms in total. The van der Waals surface area contributed by atoms with Gasteiger partial charge in [-0.3, -0.25) is 4.79 Å². The van der Waals surface area contributed by atoms with E-state index >= 15 is 0 Å². The molecule has 0 aromatic heterocycles. The quantitative estimate of drug-likeness (QED) is 0.549. The van der Waals surface area contributed by atoms with Gasteiger partial charge >= 0.3 is 5.97 Å². The Morgan fingerprint density at radius 3 is 2.00 bits per heavy atom. The van der Waals surface area contributed by atoms with Crippen LogP contribution in [0, 0.1) is 17.8 Å². The van der Waals surface area contributed by atoms with Gasteiger partial charge in [0.2, 0.25) is 0 Å². The van der Waals surface area contributed by atoms with Crippen LogP contribution in [-0.4, -0.2) is 16.9 Å². The van der Waals surface area contributed by atoms with E-state index in [-0.39, 0.29) is 11.6 Å². The molecule has 0 unspecified atom stereocenters.